The lowest BCUT2D eigenvalue weighted by Gasteiger charge is -2.27. The topological polar surface area (TPSA) is 0 Å². The first-order valence-electron chi connectivity index (χ1n) is 2.92. The van der Waals surface area contributed by atoms with Gasteiger partial charge in [-0.05, 0) is 0 Å². The average Bonchev–Trinajstić information content (AvgIpc) is 1.61. The van der Waals surface area contributed by atoms with Crippen molar-refractivity contribution >= 4 is 0 Å². The number of halogens is 2. The third-order valence-corrected chi connectivity index (χ3v) is 1.17. The van der Waals surface area contributed by atoms with Crippen LogP contribution in [-0.2, 0) is 0 Å². The number of terminal acetylenes is 1. The monoisotopic (exact) mass is 144 g/mol. The van der Waals surface area contributed by atoms with Gasteiger partial charge in [-0.1, -0.05) is 26.7 Å². The van der Waals surface area contributed by atoms with Gasteiger partial charge >= 0.3 is 0 Å². The Hall–Kier alpha value is -0.580. The van der Waals surface area contributed by atoms with Crippen LogP contribution in [0.3, 0.4) is 0 Å². The van der Waals surface area contributed by atoms with Gasteiger partial charge in [-0.25, -0.2) is 8.78 Å². The molecule has 0 nitrogen and oxygen atoms in total. The summed E-state index contributed by atoms with van der Waals surface area (Å²) in [6.07, 6.45) is 6.33. The van der Waals surface area contributed by atoms with E-state index in [9.17, 15) is 8.78 Å². The van der Waals surface area contributed by atoms with Gasteiger partial charge < -0.3 is 0 Å². The molecule has 0 aliphatic rings. The minimum Gasteiger partial charge on any atom is -0.204 e. The fraction of sp³-hybridized carbons (Fsp3) is 0.625. The van der Waals surface area contributed by atoms with Crippen molar-refractivity contribution < 1.29 is 8.78 Å². The van der Waals surface area contributed by atoms with Crippen LogP contribution in [0.15, 0.2) is 0 Å². The van der Waals surface area contributed by atoms with E-state index >= 15 is 0 Å². The van der Waals surface area contributed by atoms with Crippen LogP contribution in [0.4, 0.5) is 8.78 Å². The summed E-state index contributed by atoms with van der Waals surface area (Å²) in [4.78, 5) is 0. The first kappa shape index (κ1) is 9.42. The summed E-state index contributed by atoms with van der Waals surface area (Å²) in [6, 6.07) is 0. The second-order valence-electron chi connectivity index (χ2n) is 3.09. The fourth-order valence-electron chi connectivity index (χ4n) is 0.278. The second kappa shape index (κ2) is 2.57. The van der Waals surface area contributed by atoms with Crippen molar-refractivity contribution in [2.24, 2.45) is 5.41 Å². The Labute approximate surface area is 60.6 Å². The van der Waals surface area contributed by atoms with Crippen molar-refractivity contribution in [2.45, 2.75) is 26.7 Å². The molecule has 0 rings (SSSR count). The molecule has 0 aromatic carbocycles. The number of alkyl halides is 2. The molecule has 0 aliphatic heterocycles. The van der Waals surface area contributed by atoms with Crippen molar-refractivity contribution in [3.63, 3.8) is 0 Å². The van der Waals surface area contributed by atoms with Gasteiger partial charge in [-0.15, -0.1) is 6.42 Å². The Morgan fingerprint density at radius 1 is 1.20 bits per heavy atom. The van der Waals surface area contributed by atoms with Gasteiger partial charge in [-0.2, -0.15) is 0 Å². The third kappa shape index (κ3) is 1.98. The molecule has 2 heteroatoms. The summed E-state index contributed by atoms with van der Waals surface area (Å²) in [7, 11) is 0. The first-order valence-corrected chi connectivity index (χ1v) is 2.92. The normalized spacial score (nSPS) is 12.8. The molecular formula is C8H10F2. The lowest BCUT2D eigenvalue weighted by atomic mass is 9.86. The Kier molecular flexibility index (Phi) is 2.42. The lowest BCUT2D eigenvalue weighted by Crippen LogP contribution is -2.33. The zero-order chi connectivity index (χ0) is 8.41. The van der Waals surface area contributed by atoms with E-state index in [0.717, 1.165) is 0 Å². The number of hydrogen-bond donors (Lipinski definition) is 0. The maximum Gasteiger partial charge on any atom is 0.272 e. The van der Waals surface area contributed by atoms with Crippen LogP contribution < -0.4 is 0 Å². The number of hydrogen-bond acceptors (Lipinski definition) is 0. The van der Waals surface area contributed by atoms with Crippen LogP contribution in [0.25, 0.3) is 0 Å². The fourth-order valence-corrected chi connectivity index (χ4v) is 0.278. The minimum atomic E-state index is -3.00. The van der Waals surface area contributed by atoms with Gasteiger partial charge in [-0.3, -0.25) is 0 Å². The predicted octanol–water partition coefficient (Wildman–Crippen LogP) is 2.38. The van der Waals surface area contributed by atoms with E-state index in [1.54, 1.807) is 12.3 Å². The molecule has 0 atom stereocenters. The van der Waals surface area contributed by atoms with Gasteiger partial charge in [0.1, 0.15) is 6.42 Å². The summed E-state index contributed by atoms with van der Waals surface area (Å²) in [5.41, 5.74) is -1.14. The molecule has 0 aromatic heterocycles. The molecule has 0 amide bonds. The SMILES string of the molecule is C#C[C]C(F)(F)C(C)(C)C. The van der Waals surface area contributed by atoms with Crippen molar-refractivity contribution in [3.8, 4) is 12.3 Å². The molecule has 0 bridgehead atoms. The van der Waals surface area contributed by atoms with Crippen LogP contribution in [0, 0.1) is 24.2 Å². The van der Waals surface area contributed by atoms with E-state index in [-0.39, 0.29) is 0 Å². The molecule has 0 aliphatic carbocycles. The van der Waals surface area contributed by atoms with Crippen LogP contribution >= 0.6 is 0 Å². The standard InChI is InChI=1S/C8H10F2/c1-5-6-8(9,10)7(2,3)4/h1H,2-4H3. The molecule has 0 heterocycles. The molecule has 0 unspecified atom stereocenters. The van der Waals surface area contributed by atoms with Gasteiger partial charge in [0.2, 0.25) is 0 Å². The number of rotatable bonds is 1. The molecule has 0 fully saturated rings. The first-order chi connectivity index (χ1) is 4.31. The van der Waals surface area contributed by atoms with Crippen molar-refractivity contribution in [2.75, 3.05) is 0 Å². The molecule has 0 saturated heterocycles. The summed E-state index contributed by atoms with van der Waals surface area (Å²) < 4.78 is 25.4. The molecule has 0 saturated carbocycles. The molecule has 56 valence electrons. The van der Waals surface area contributed by atoms with Gasteiger partial charge in [0.15, 0.2) is 0 Å². The van der Waals surface area contributed by atoms with Gasteiger partial charge in [0.05, 0.1) is 0 Å². The van der Waals surface area contributed by atoms with Crippen molar-refractivity contribution in [1.29, 1.82) is 0 Å². The highest BCUT2D eigenvalue weighted by atomic mass is 19.3. The maximum absolute atomic E-state index is 12.7. The van der Waals surface area contributed by atoms with E-state index in [4.69, 9.17) is 0 Å². The van der Waals surface area contributed by atoms with Crippen LogP contribution in [0.1, 0.15) is 20.8 Å². The van der Waals surface area contributed by atoms with E-state index in [1.165, 1.54) is 20.8 Å². The largest absolute Gasteiger partial charge is 0.272 e. The van der Waals surface area contributed by atoms with Crippen molar-refractivity contribution in [1.82, 2.24) is 0 Å². The molecular weight excluding hydrogens is 134 g/mol. The Bertz CT molecular complexity index is 146. The Morgan fingerprint density at radius 2 is 1.60 bits per heavy atom. The van der Waals surface area contributed by atoms with E-state index in [1.807, 2.05) is 0 Å². The second-order valence-corrected chi connectivity index (χ2v) is 3.09. The average molecular weight is 144 g/mol. The Morgan fingerprint density at radius 3 is 1.70 bits per heavy atom. The third-order valence-electron chi connectivity index (χ3n) is 1.17. The predicted molar refractivity (Wildman–Crippen MR) is 36.5 cm³/mol. The lowest BCUT2D eigenvalue weighted by molar-refractivity contribution is -0.0605. The highest BCUT2D eigenvalue weighted by molar-refractivity contribution is 5.11. The van der Waals surface area contributed by atoms with E-state index in [0.29, 0.717) is 0 Å². The zero-order valence-corrected chi connectivity index (χ0v) is 6.33. The van der Waals surface area contributed by atoms with E-state index < -0.39 is 11.3 Å². The summed E-state index contributed by atoms with van der Waals surface area (Å²) in [5, 5.41) is 0. The highest BCUT2D eigenvalue weighted by Crippen LogP contribution is 2.37. The summed E-state index contributed by atoms with van der Waals surface area (Å²) in [5.74, 6) is -1.28. The van der Waals surface area contributed by atoms with Crippen LogP contribution in [0.2, 0.25) is 0 Å². The van der Waals surface area contributed by atoms with Crippen LogP contribution in [-0.4, -0.2) is 5.92 Å². The quantitative estimate of drug-likeness (QED) is 0.495. The Balaban J connectivity index is 4.28. The maximum atomic E-state index is 12.7. The molecule has 0 N–H and O–H groups in total. The van der Waals surface area contributed by atoms with E-state index in [2.05, 4.69) is 6.42 Å². The molecule has 2 radical (unpaired) electrons. The molecule has 0 spiro atoms. The molecule has 0 aromatic rings. The summed E-state index contributed by atoms with van der Waals surface area (Å²) in [6.45, 7) is 4.24. The van der Waals surface area contributed by atoms with Crippen LogP contribution in [0.5, 0.6) is 0 Å². The van der Waals surface area contributed by atoms with Gasteiger partial charge in [0, 0.05) is 5.41 Å². The smallest absolute Gasteiger partial charge is 0.204 e. The minimum absolute atomic E-state index is 1.14. The summed E-state index contributed by atoms with van der Waals surface area (Å²) >= 11 is 0. The zero-order valence-electron chi connectivity index (χ0n) is 6.33. The highest BCUT2D eigenvalue weighted by Gasteiger charge is 2.42. The van der Waals surface area contributed by atoms with Gasteiger partial charge in [0.25, 0.3) is 5.92 Å². The van der Waals surface area contributed by atoms with Crippen molar-refractivity contribution in [3.05, 3.63) is 6.42 Å². The molecule has 10 heavy (non-hydrogen) atoms.